The molecule has 0 aromatic heterocycles. The SMILES string of the molecule is CCCCCCCCCCCCCCCCC[C@H]1CO[C@@H](OP(=O)([O-])OC(C[N+](C)(C)C)OC)CO1. The Bertz CT molecular complexity index is 565. The Kier molecular flexibility index (Phi) is 18.8. The molecule has 36 heavy (non-hydrogen) atoms. The van der Waals surface area contributed by atoms with Crippen LogP contribution in [0.4, 0.5) is 0 Å². The first-order chi connectivity index (χ1) is 17.1. The van der Waals surface area contributed by atoms with Crippen LogP contribution in [0.1, 0.15) is 110 Å². The van der Waals surface area contributed by atoms with Crippen molar-refractivity contribution < 1.29 is 37.2 Å². The summed E-state index contributed by atoms with van der Waals surface area (Å²) >= 11 is 0. The summed E-state index contributed by atoms with van der Waals surface area (Å²) in [7, 11) is 2.58. The number of rotatable bonds is 23. The lowest BCUT2D eigenvalue weighted by molar-refractivity contribution is -0.876. The van der Waals surface area contributed by atoms with Crippen molar-refractivity contribution in [3.63, 3.8) is 0 Å². The highest BCUT2D eigenvalue weighted by Crippen LogP contribution is 2.42. The minimum atomic E-state index is -4.58. The molecule has 1 saturated heterocycles. The van der Waals surface area contributed by atoms with Gasteiger partial charge in [0, 0.05) is 7.11 Å². The molecule has 1 heterocycles. The largest absolute Gasteiger partial charge is 0.756 e. The van der Waals surface area contributed by atoms with Gasteiger partial charge in [-0.05, 0) is 6.42 Å². The van der Waals surface area contributed by atoms with Crippen LogP contribution in [0.2, 0.25) is 0 Å². The smallest absolute Gasteiger partial charge is 0.272 e. The van der Waals surface area contributed by atoms with Gasteiger partial charge in [0.25, 0.3) is 7.82 Å². The fourth-order valence-corrected chi connectivity index (χ4v) is 5.31. The zero-order valence-corrected chi connectivity index (χ0v) is 24.8. The Morgan fingerprint density at radius 1 is 0.833 bits per heavy atom. The molecule has 1 aliphatic heterocycles. The van der Waals surface area contributed by atoms with Crippen LogP contribution in [0.3, 0.4) is 0 Å². The quantitative estimate of drug-likeness (QED) is 0.0667. The number of phosphoric ester groups is 1. The van der Waals surface area contributed by atoms with Gasteiger partial charge in [0.15, 0.2) is 6.29 Å². The molecule has 0 spiro atoms. The molecule has 0 N–H and O–H groups in total. The van der Waals surface area contributed by atoms with Crippen molar-refractivity contribution in [2.45, 2.75) is 128 Å². The molecular weight excluding hydrogens is 481 g/mol. The molecule has 0 aromatic rings. The molecule has 4 atom stereocenters. The molecule has 8 nitrogen and oxygen atoms in total. The average Bonchev–Trinajstić information content (AvgIpc) is 2.81. The topological polar surface area (TPSA) is 86.3 Å². The van der Waals surface area contributed by atoms with Crippen molar-refractivity contribution in [3.8, 4) is 0 Å². The molecule has 0 aromatic carbocycles. The van der Waals surface area contributed by atoms with E-state index in [9.17, 15) is 9.46 Å². The van der Waals surface area contributed by atoms with Crippen molar-refractivity contribution >= 4 is 7.82 Å². The summed E-state index contributed by atoms with van der Waals surface area (Å²) in [4.78, 5) is 12.2. The number of methoxy groups -OCH3 is 1. The van der Waals surface area contributed by atoms with Crippen LogP contribution >= 0.6 is 7.82 Å². The third-order valence-corrected chi connectivity index (χ3v) is 7.51. The van der Waals surface area contributed by atoms with Gasteiger partial charge in [0.1, 0.15) is 6.54 Å². The first-order valence-corrected chi connectivity index (χ1v) is 15.9. The maximum absolute atomic E-state index is 12.2. The predicted molar refractivity (Wildman–Crippen MR) is 142 cm³/mol. The monoisotopic (exact) mass is 537 g/mol. The highest BCUT2D eigenvalue weighted by Gasteiger charge is 2.29. The molecule has 0 saturated carbocycles. The number of quaternary nitrogens is 1. The number of unbranched alkanes of at least 4 members (excludes halogenated alkanes) is 14. The molecule has 0 bridgehead atoms. The van der Waals surface area contributed by atoms with Gasteiger partial charge in [0.05, 0.1) is 40.5 Å². The van der Waals surface area contributed by atoms with E-state index in [1.165, 1.54) is 97.0 Å². The Labute approximate surface area is 221 Å². The van der Waals surface area contributed by atoms with Crippen molar-refractivity contribution in [1.82, 2.24) is 0 Å². The summed E-state index contributed by atoms with van der Waals surface area (Å²) in [6.07, 6.45) is 19.2. The first kappa shape index (κ1) is 34.0. The van der Waals surface area contributed by atoms with E-state index >= 15 is 0 Å². The molecule has 1 fully saturated rings. The van der Waals surface area contributed by atoms with E-state index in [1.807, 2.05) is 21.1 Å². The predicted octanol–water partition coefficient (Wildman–Crippen LogP) is 6.17. The molecule has 1 rings (SSSR count). The maximum atomic E-state index is 12.2. The molecule has 1 aliphatic rings. The summed E-state index contributed by atoms with van der Waals surface area (Å²) < 4.78 is 39.3. The van der Waals surface area contributed by atoms with E-state index in [0.29, 0.717) is 17.6 Å². The fourth-order valence-electron chi connectivity index (χ4n) is 4.41. The molecule has 0 radical (unpaired) electrons. The van der Waals surface area contributed by atoms with Crippen LogP contribution in [0.15, 0.2) is 0 Å². The molecule has 2 unspecified atom stereocenters. The second kappa shape index (κ2) is 19.9. The Hall–Kier alpha value is -0.0500. The van der Waals surface area contributed by atoms with E-state index in [0.717, 1.165) is 12.8 Å². The molecule has 216 valence electrons. The molecule has 0 aliphatic carbocycles. The van der Waals surface area contributed by atoms with Crippen LogP contribution in [-0.2, 0) is 27.8 Å². The van der Waals surface area contributed by atoms with Crippen LogP contribution < -0.4 is 4.89 Å². The third-order valence-electron chi connectivity index (χ3n) is 6.52. The van der Waals surface area contributed by atoms with E-state index in [2.05, 4.69) is 6.92 Å². The van der Waals surface area contributed by atoms with Crippen LogP contribution in [0.25, 0.3) is 0 Å². The number of likely N-dealkylation sites (N-methyl/N-ethyl adjacent to an activating group) is 1. The normalized spacial score (nSPS) is 21.4. The zero-order chi connectivity index (χ0) is 26.7. The summed E-state index contributed by atoms with van der Waals surface area (Å²) in [5.74, 6) is 0. The minimum Gasteiger partial charge on any atom is -0.756 e. The van der Waals surface area contributed by atoms with E-state index in [1.54, 1.807) is 0 Å². The van der Waals surface area contributed by atoms with Gasteiger partial charge in [-0.25, -0.2) is 0 Å². The fraction of sp³-hybridized carbons (Fsp3) is 1.00. The van der Waals surface area contributed by atoms with Crippen LogP contribution in [0, 0.1) is 0 Å². The highest BCUT2D eigenvalue weighted by atomic mass is 31.2. The van der Waals surface area contributed by atoms with Gasteiger partial charge in [-0.3, -0.25) is 13.6 Å². The highest BCUT2D eigenvalue weighted by molar-refractivity contribution is 7.45. The Morgan fingerprint density at radius 2 is 1.33 bits per heavy atom. The van der Waals surface area contributed by atoms with Crippen molar-refractivity contribution in [3.05, 3.63) is 0 Å². The van der Waals surface area contributed by atoms with Crippen LogP contribution in [0.5, 0.6) is 0 Å². The summed E-state index contributed by atoms with van der Waals surface area (Å²) in [5.41, 5.74) is 0. The molecular formula is C27H56NO7P. The van der Waals surface area contributed by atoms with Crippen molar-refractivity contribution in [1.29, 1.82) is 0 Å². The van der Waals surface area contributed by atoms with Gasteiger partial charge in [0.2, 0.25) is 6.29 Å². The number of ether oxygens (including phenoxy) is 3. The second-order valence-corrected chi connectivity index (χ2v) is 12.6. The maximum Gasteiger partial charge on any atom is 0.272 e. The van der Waals surface area contributed by atoms with Gasteiger partial charge in [-0.1, -0.05) is 103 Å². The van der Waals surface area contributed by atoms with Gasteiger partial charge < -0.3 is 23.6 Å². The lowest BCUT2D eigenvalue weighted by Crippen LogP contribution is -2.43. The summed E-state index contributed by atoms with van der Waals surface area (Å²) in [6, 6.07) is 0. The lowest BCUT2D eigenvalue weighted by Gasteiger charge is -2.35. The lowest BCUT2D eigenvalue weighted by atomic mass is 10.0. The second-order valence-electron chi connectivity index (χ2n) is 11.3. The Balaban J connectivity index is 1.99. The number of hydrogen-bond acceptors (Lipinski definition) is 7. The molecule has 0 amide bonds. The van der Waals surface area contributed by atoms with E-state index in [-0.39, 0.29) is 12.7 Å². The Morgan fingerprint density at radius 3 is 1.75 bits per heavy atom. The van der Waals surface area contributed by atoms with E-state index < -0.39 is 20.4 Å². The number of nitrogens with zero attached hydrogens (tertiary/aromatic N) is 1. The number of hydrogen-bond donors (Lipinski definition) is 0. The average molecular weight is 538 g/mol. The molecule has 9 heteroatoms. The number of phosphoric acid groups is 1. The third kappa shape index (κ3) is 19.1. The van der Waals surface area contributed by atoms with Crippen LogP contribution in [-0.4, -0.2) is 71.2 Å². The van der Waals surface area contributed by atoms with Gasteiger partial charge in [-0.2, -0.15) is 0 Å². The van der Waals surface area contributed by atoms with Gasteiger partial charge in [-0.15, -0.1) is 0 Å². The zero-order valence-electron chi connectivity index (χ0n) is 23.9. The minimum absolute atomic E-state index is 0.0105. The van der Waals surface area contributed by atoms with E-state index in [4.69, 9.17) is 23.3 Å². The summed E-state index contributed by atoms with van der Waals surface area (Å²) in [6.45, 7) is 3.03. The van der Waals surface area contributed by atoms with Crippen molar-refractivity contribution in [2.24, 2.45) is 0 Å². The van der Waals surface area contributed by atoms with Gasteiger partial charge >= 0.3 is 0 Å². The summed E-state index contributed by atoms with van der Waals surface area (Å²) in [5, 5.41) is 0. The van der Waals surface area contributed by atoms with Crippen molar-refractivity contribution in [2.75, 3.05) is 48.0 Å². The standard InChI is InChI=1S/C27H56NO7P/c1-6-7-8-9-10-11-12-13-14-15-16-17-18-19-20-21-25-23-33-27(24-32-25)35-36(29,30)34-26(31-5)22-28(2,3)4/h25-27H,6-24H2,1-5H3/t25-,26?,27-/m0/s1. The first-order valence-electron chi connectivity index (χ1n) is 14.4.